The molecule has 0 bridgehead atoms. The Hall–Kier alpha value is -4.10. The molecule has 0 heterocycles. The fourth-order valence-corrected chi connectivity index (χ4v) is 3.30. The molecule has 0 radical (unpaired) electrons. The zero-order chi connectivity index (χ0) is 32.1. The van der Waals surface area contributed by atoms with Crippen molar-refractivity contribution in [2.45, 2.75) is 67.2 Å². The van der Waals surface area contributed by atoms with Crippen molar-refractivity contribution >= 4 is 28.8 Å². The maximum absolute atomic E-state index is 10.2. The first kappa shape index (κ1) is 37.9. The van der Waals surface area contributed by atoms with Crippen LogP contribution in [0.25, 0.3) is 0 Å². The Labute approximate surface area is 257 Å². The van der Waals surface area contributed by atoms with Crippen molar-refractivity contribution in [3.05, 3.63) is 129 Å². The summed E-state index contributed by atoms with van der Waals surface area (Å²) in [6, 6.07) is 14.4. The van der Waals surface area contributed by atoms with E-state index in [1.165, 1.54) is 23.8 Å². The maximum Gasteiger partial charge on any atom is 0.271 e. The van der Waals surface area contributed by atoms with E-state index in [4.69, 9.17) is 28.8 Å². The number of benzene rings is 2. The van der Waals surface area contributed by atoms with E-state index in [-0.39, 0.29) is 10.7 Å². The molecule has 0 aromatic heterocycles. The van der Waals surface area contributed by atoms with Gasteiger partial charge in [0.1, 0.15) is 5.84 Å². The predicted octanol–water partition coefficient (Wildman–Crippen LogP) is 9.07. The fourth-order valence-electron chi connectivity index (χ4n) is 3.12. The third-order valence-electron chi connectivity index (χ3n) is 6.19. The fraction of sp³-hybridized carbons (Fsp3) is 0.324. The molecule has 2 aromatic rings. The number of allylic oxidation sites excluding steroid dienone is 6. The molecule has 8 heteroatoms. The zero-order valence-corrected chi connectivity index (χ0v) is 26.7. The summed E-state index contributed by atoms with van der Waals surface area (Å²) in [6.45, 7) is 16.4. The Morgan fingerprint density at radius 1 is 1.12 bits per heavy atom. The molecule has 2 aromatic carbocycles. The molecule has 0 saturated heterocycles. The summed E-state index contributed by atoms with van der Waals surface area (Å²) in [4.78, 5) is 14.2. The van der Waals surface area contributed by atoms with E-state index >= 15 is 0 Å². The molecule has 7 nitrogen and oxygen atoms in total. The number of non-ortho nitro benzene ring substituents is 1. The first-order valence-electron chi connectivity index (χ1n) is 14.2. The van der Waals surface area contributed by atoms with Crippen molar-refractivity contribution < 1.29 is 4.92 Å². The van der Waals surface area contributed by atoms with Crippen LogP contribution >= 0.6 is 11.6 Å². The number of nitrogens with two attached hydrogens (primary N) is 3. The topological polar surface area (TPSA) is 134 Å². The molecule has 0 aliphatic heterocycles. The number of aryl methyl sites for hydroxylation is 1. The van der Waals surface area contributed by atoms with E-state index in [1.807, 2.05) is 19.1 Å². The minimum atomic E-state index is -0.522. The van der Waals surface area contributed by atoms with Gasteiger partial charge in [-0.05, 0) is 54.9 Å². The third-order valence-corrected chi connectivity index (χ3v) is 6.52. The number of aliphatic imine (C=N–C) groups is 1. The van der Waals surface area contributed by atoms with Gasteiger partial charge in [-0.15, -0.1) is 0 Å². The van der Waals surface area contributed by atoms with Crippen molar-refractivity contribution in [1.82, 2.24) is 0 Å². The van der Waals surface area contributed by atoms with E-state index in [0.717, 1.165) is 42.5 Å². The summed E-state index contributed by atoms with van der Waals surface area (Å²) in [5, 5.41) is 10.4. The lowest BCUT2D eigenvalue weighted by molar-refractivity contribution is -0.384. The van der Waals surface area contributed by atoms with Crippen molar-refractivity contribution in [2.75, 3.05) is 5.73 Å². The monoisotopic (exact) mass is 593 g/mol. The number of nitro groups is 1. The molecule has 0 amide bonds. The van der Waals surface area contributed by atoms with Crippen LogP contribution in [-0.4, -0.2) is 10.8 Å². The maximum atomic E-state index is 10.2. The van der Waals surface area contributed by atoms with E-state index in [2.05, 4.69) is 88.7 Å². The Morgan fingerprint density at radius 3 is 2.21 bits per heavy atom. The van der Waals surface area contributed by atoms with Gasteiger partial charge in [-0.25, -0.2) is 4.99 Å². The number of hydrogen-bond donors (Lipinski definition) is 3. The van der Waals surface area contributed by atoms with Gasteiger partial charge in [-0.1, -0.05) is 120 Å². The quantitative estimate of drug-likeness (QED) is 0.0596. The molecule has 228 valence electrons. The number of rotatable bonds is 11. The van der Waals surface area contributed by atoms with Crippen LogP contribution in [0.3, 0.4) is 0 Å². The Bertz CT molecular complexity index is 1280. The third kappa shape index (κ3) is 15.1. The van der Waals surface area contributed by atoms with Gasteiger partial charge in [-0.2, -0.15) is 0 Å². The molecular formula is C34H48ClN5O2. The second kappa shape index (κ2) is 21.6. The molecule has 1 unspecified atom stereocenters. The summed E-state index contributed by atoms with van der Waals surface area (Å²) >= 11 is 5.53. The van der Waals surface area contributed by atoms with Crippen molar-refractivity contribution in [1.29, 1.82) is 0 Å². The average molecular weight is 594 g/mol. The van der Waals surface area contributed by atoms with Gasteiger partial charge in [0.15, 0.2) is 0 Å². The predicted molar refractivity (Wildman–Crippen MR) is 182 cm³/mol. The summed E-state index contributed by atoms with van der Waals surface area (Å²) < 4.78 is 0. The van der Waals surface area contributed by atoms with Crippen LogP contribution in [0.1, 0.15) is 66.4 Å². The van der Waals surface area contributed by atoms with E-state index in [1.54, 1.807) is 6.08 Å². The molecule has 2 rings (SSSR count). The molecule has 0 aliphatic rings. The Balaban J connectivity index is 0.000000717. The largest absolute Gasteiger partial charge is 0.398 e. The minimum absolute atomic E-state index is 0.0517. The van der Waals surface area contributed by atoms with Crippen molar-refractivity contribution in [2.24, 2.45) is 22.4 Å². The molecule has 0 spiro atoms. The lowest BCUT2D eigenvalue weighted by Gasteiger charge is -2.09. The molecule has 0 saturated carbocycles. The van der Waals surface area contributed by atoms with Crippen LogP contribution in [0.4, 0.5) is 11.4 Å². The van der Waals surface area contributed by atoms with Crippen LogP contribution in [0.5, 0.6) is 0 Å². The SMILES string of the molecule is C=C/C=C(\C=C/C(C)CC)C(=C/CC)/N=C(N)\C(N)=C(/C)CC.CCc1ccccc1.Nc1ccc([N+](=O)[O-])cc1Cl. The van der Waals surface area contributed by atoms with E-state index in [0.29, 0.717) is 23.1 Å². The lowest BCUT2D eigenvalue weighted by atomic mass is 10.0. The van der Waals surface area contributed by atoms with Crippen molar-refractivity contribution in [3.8, 4) is 0 Å². The highest BCUT2D eigenvalue weighted by Gasteiger charge is 2.07. The van der Waals surface area contributed by atoms with Crippen LogP contribution in [0, 0.1) is 16.0 Å². The van der Waals surface area contributed by atoms with Crippen LogP contribution in [0.2, 0.25) is 5.02 Å². The number of nitrogen functional groups attached to an aromatic ring is 1. The number of nitro benzene ring substituents is 1. The average Bonchev–Trinajstić information content (AvgIpc) is 3.00. The van der Waals surface area contributed by atoms with Crippen LogP contribution in [0.15, 0.2) is 113 Å². The van der Waals surface area contributed by atoms with Gasteiger partial charge in [0, 0.05) is 12.1 Å². The second-order valence-electron chi connectivity index (χ2n) is 9.45. The molecular weight excluding hydrogens is 546 g/mol. The first-order chi connectivity index (χ1) is 19.9. The highest BCUT2D eigenvalue weighted by molar-refractivity contribution is 6.33. The number of hydrogen-bond acceptors (Lipinski definition) is 5. The highest BCUT2D eigenvalue weighted by atomic mass is 35.5. The molecule has 0 fully saturated rings. The smallest absolute Gasteiger partial charge is 0.271 e. The van der Waals surface area contributed by atoms with Gasteiger partial charge >= 0.3 is 0 Å². The number of anilines is 1. The van der Waals surface area contributed by atoms with E-state index in [9.17, 15) is 10.1 Å². The van der Waals surface area contributed by atoms with Crippen molar-refractivity contribution in [3.63, 3.8) is 0 Å². The van der Waals surface area contributed by atoms with Gasteiger partial charge in [-0.3, -0.25) is 10.1 Å². The minimum Gasteiger partial charge on any atom is -0.398 e. The molecule has 1 atom stereocenters. The number of nitrogens with zero attached hydrogens (tertiary/aromatic N) is 2. The highest BCUT2D eigenvalue weighted by Crippen LogP contribution is 2.23. The van der Waals surface area contributed by atoms with Gasteiger partial charge in [0.25, 0.3) is 5.69 Å². The standard InChI is InChI=1S/C20H33N3.C8H10.C6H5ClN2O2/c1-7-11-17(14-13-15(5)9-3)18(12-8-2)23-20(22)19(21)16(6)10-4;1-2-8-6-4-3-5-7-8;7-5-3-4(9(10)11)1-2-6(5)8/h7,11-15H,1,8-10,21H2,2-6H3,(H2,22,23);3-7H,2H2,1H3;1-3H,8H2/b14-13-,17-11+,18-12-,19-16-;;. The zero-order valence-electron chi connectivity index (χ0n) is 25.9. The molecule has 42 heavy (non-hydrogen) atoms. The summed E-state index contributed by atoms with van der Waals surface area (Å²) in [5.41, 5.74) is 22.6. The second-order valence-corrected chi connectivity index (χ2v) is 9.85. The van der Waals surface area contributed by atoms with Gasteiger partial charge in [0.2, 0.25) is 0 Å². The summed E-state index contributed by atoms with van der Waals surface area (Å²) in [7, 11) is 0. The van der Waals surface area contributed by atoms with E-state index < -0.39 is 4.92 Å². The Morgan fingerprint density at radius 2 is 1.76 bits per heavy atom. The summed E-state index contributed by atoms with van der Waals surface area (Å²) in [5.74, 6) is 0.885. The molecule has 0 aliphatic carbocycles. The number of amidine groups is 1. The van der Waals surface area contributed by atoms with Crippen LogP contribution < -0.4 is 17.2 Å². The number of halogens is 1. The van der Waals surface area contributed by atoms with Crippen LogP contribution in [-0.2, 0) is 6.42 Å². The Kier molecular flexibility index (Phi) is 19.5. The summed E-state index contributed by atoms with van der Waals surface area (Å²) in [6.07, 6.45) is 14.0. The lowest BCUT2D eigenvalue weighted by Crippen LogP contribution is -2.22. The molecule has 6 N–H and O–H groups in total. The van der Waals surface area contributed by atoms with Gasteiger partial charge in [0.05, 0.1) is 27.0 Å². The first-order valence-corrected chi connectivity index (χ1v) is 14.6. The van der Waals surface area contributed by atoms with Gasteiger partial charge < -0.3 is 17.2 Å². The normalized spacial score (nSPS) is 13.3.